The van der Waals surface area contributed by atoms with Crippen molar-refractivity contribution in [3.05, 3.63) is 36.0 Å². The predicted octanol–water partition coefficient (Wildman–Crippen LogP) is 2.08. The van der Waals surface area contributed by atoms with Crippen LogP contribution >= 0.6 is 0 Å². The van der Waals surface area contributed by atoms with Gasteiger partial charge in [0.15, 0.2) is 0 Å². The molecule has 0 spiro atoms. The van der Waals surface area contributed by atoms with Crippen LogP contribution < -0.4 is 14.8 Å². The summed E-state index contributed by atoms with van der Waals surface area (Å²) in [7, 11) is 3.21. The standard InChI is InChI=1S/C14H17N3O3/c1-4-20-12-8-6-5-7-11(12)15-13(18)10-9-17(2)16-14(10)19-3/h5-9H,4H2,1-3H3,(H,15,18). The second-order valence-corrected chi connectivity index (χ2v) is 4.11. The molecular formula is C14H17N3O3. The number of carbonyl (C=O) groups excluding carboxylic acids is 1. The highest BCUT2D eigenvalue weighted by Crippen LogP contribution is 2.25. The monoisotopic (exact) mass is 275 g/mol. The number of nitrogens with one attached hydrogen (secondary N) is 1. The molecule has 6 nitrogen and oxygen atoms in total. The van der Waals surface area contributed by atoms with E-state index in [9.17, 15) is 4.79 Å². The number of ether oxygens (including phenoxy) is 2. The third kappa shape index (κ3) is 2.90. The molecule has 1 amide bonds. The molecule has 0 fully saturated rings. The lowest BCUT2D eigenvalue weighted by atomic mass is 10.2. The minimum Gasteiger partial charge on any atom is -0.492 e. The SMILES string of the molecule is CCOc1ccccc1NC(=O)c1cn(C)nc1OC. The van der Waals surface area contributed by atoms with E-state index in [4.69, 9.17) is 9.47 Å². The van der Waals surface area contributed by atoms with Gasteiger partial charge in [0.1, 0.15) is 11.3 Å². The van der Waals surface area contributed by atoms with E-state index >= 15 is 0 Å². The Labute approximate surface area is 117 Å². The van der Waals surface area contributed by atoms with Crippen molar-refractivity contribution in [3.8, 4) is 11.6 Å². The number of methoxy groups -OCH3 is 1. The first-order valence-electron chi connectivity index (χ1n) is 6.26. The van der Waals surface area contributed by atoms with E-state index < -0.39 is 0 Å². The number of aromatic nitrogens is 2. The minimum atomic E-state index is -0.290. The number of aryl methyl sites for hydroxylation is 1. The molecule has 0 saturated heterocycles. The van der Waals surface area contributed by atoms with Gasteiger partial charge in [-0.15, -0.1) is 5.10 Å². The van der Waals surface area contributed by atoms with Crippen LogP contribution in [0.4, 0.5) is 5.69 Å². The summed E-state index contributed by atoms with van der Waals surface area (Å²) >= 11 is 0. The Balaban J connectivity index is 2.23. The first-order chi connectivity index (χ1) is 9.65. The molecule has 0 radical (unpaired) electrons. The second kappa shape index (κ2) is 6.10. The first-order valence-corrected chi connectivity index (χ1v) is 6.26. The highest BCUT2D eigenvalue weighted by molar-refractivity contribution is 6.06. The van der Waals surface area contributed by atoms with Gasteiger partial charge in [-0.1, -0.05) is 12.1 Å². The van der Waals surface area contributed by atoms with Crippen molar-refractivity contribution in [2.24, 2.45) is 7.05 Å². The van der Waals surface area contributed by atoms with Gasteiger partial charge in [0.25, 0.3) is 5.91 Å². The van der Waals surface area contributed by atoms with E-state index in [0.29, 0.717) is 29.5 Å². The van der Waals surface area contributed by atoms with E-state index in [2.05, 4.69) is 10.4 Å². The van der Waals surface area contributed by atoms with Crippen LogP contribution in [-0.4, -0.2) is 29.4 Å². The van der Waals surface area contributed by atoms with Gasteiger partial charge >= 0.3 is 0 Å². The molecule has 0 bridgehead atoms. The lowest BCUT2D eigenvalue weighted by molar-refractivity contribution is 0.102. The molecule has 0 aliphatic carbocycles. The summed E-state index contributed by atoms with van der Waals surface area (Å²) in [5.74, 6) is 0.632. The maximum absolute atomic E-state index is 12.3. The fourth-order valence-electron chi connectivity index (χ4n) is 1.82. The van der Waals surface area contributed by atoms with Gasteiger partial charge in [0.05, 0.1) is 19.4 Å². The molecule has 6 heteroatoms. The Bertz CT molecular complexity index is 607. The fourth-order valence-corrected chi connectivity index (χ4v) is 1.82. The maximum atomic E-state index is 12.3. The lowest BCUT2D eigenvalue weighted by Gasteiger charge is -2.10. The maximum Gasteiger partial charge on any atom is 0.262 e. The summed E-state index contributed by atoms with van der Waals surface area (Å²) in [6.07, 6.45) is 1.61. The van der Waals surface area contributed by atoms with Crippen molar-refractivity contribution in [1.29, 1.82) is 0 Å². The number of rotatable bonds is 5. The molecule has 1 aromatic carbocycles. The lowest BCUT2D eigenvalue weighted by Crippen LogP contribution is -2.13. The van der Waals surface area contributed by atoms with Gasteiger partial charge in [0.2, 0.25) is 5.88 Å². The van der Waals surface area contributed by atoms with Crippen LogP contribution in [0.2, 0.25) is 0 Å². The second-order valence-electron chi connectivity index (χ2n) is 4.11. The number of carbonyl (C=O) groups is 1. The summed E-state index contributed by atoms with van der Waals surface area (Å²) in [5, 5.41) is 6.86. The zero-order valence-corrected chi connectivity index (χ0v) is 11.7. The largest absolute Gasteiger partial charge is 0.492 e. The molecule has 1 N–H and O–H groups in total. The first kappa shape index (κ1) is 13.9. The van der Waals surface area contributed by atoms with Crippen LogP contribution in [0.5, 0.6) is 11.6 Å². The minimum absolute atomic E-state index is 0.290. The van der Waals surface area contributed by atoms with Crippen LogP contribution in [0.25, 0.3) is 0 Å². The van der Waals surface area contributed by atoms with Crippen molar-refractivity contribution >= 4 is 11.6 Å². The third-order valence-corrected chi connectivity index (χ3v) is 2.67. The molecule has 2 aromatic rings. The molecule has 106 valence electrons. The fraction of sp³-hybridized carbons (Fsp3) is 0.286. The molecule has 2 rings (SSSR count). The van der Waals surface area contributed by atoms with Gasteiger partial charge < -0.3 is 14.8 Å². The van der Waals surface area contributed by atoms with E-state index in [1.165, 1.54) is 11.8 Å². The van der Waals surface area contributed by atoms with Crippen LogP contribution in [-0.2, 0) is 7.05 Å². The number of benzene rings is 1. The van der Waals surface area contributed by atoms with Crippen LogP contribution in [0.1, 0.15) is 17.3 Å². The predicted molar refractivity (Wildman–Crippen MR) is 75.3 cm³/mol. The average molecular weight is 275 g/mol. The topological polar surface area (TPSA) is 65.4 Å². The van der Waals surface area contributed by atoms with E-state index in [1.54, 1.807) is 25.4 Å². The Morgan fingerprint density at radius 2 is 2.15 bits per heavy atom. The molecule has 1 aromatic heterocycles. The molecule has 0 atom stereocenters. The van der Waals surface area contributed by atoms with Crippen LogP contribution in [0.15, 0.2) is 30.5 Å². The normalized spacial score (nSPS) is 10.2. The van der Waals surface area contributed by atoms with Gasteiger partial charge in [-0.2, -0.15) is 0 Å². The molecule has 1 heterocycles. The highest BCUT2D eigenvalue weighted by Gasteiger charge is 2.17. The van der Waals surface area contributed by atoms with Crippen LogP contribution in [0, 0.1) is 0 Å². The molecule has 0 saturated carbocycles. The van der Waals surface area contributed by atoms with Crippen molar-refractivity contribution in [2.45, 2.75) is 6.92 Å². The summed E-state index contributed by atoms with van der Waals surface area (Å²) in [6, 6.07) is 7.27. The van der Waals surface area contributed by atoms with Crippen molar-refractivity contribution in [1.82, 2.24) is 9.78 Å². The summed E-state index contributed by atoms with van der Waals surface area (Å²) in [5.41, 5.74) is 0.992. The summed E-state index contributed by atoms with van der Waals surface area (Å²) in [4.78, 5) is 12.3. The van der Waals surface area contributed by atoms with Crippen molar-refractivity contribution in [2.75, 3.05) is 19.0 Å². The van der Waals surface area contributed by atoms with E-state index in [1.807, 2.05) is 19.1 Å². The number of hydrogen-bond acceptors (Lipinski definition) is 4. The Kier molecular flexibility index (Phi) is 4.24. The Hall–Kier alpha value is -2.50. The number of anilines is 1. The Morgan fingerprint density at radius 1 is 1.40 bits per heavy atom. The molecule has 0 aliphatic heterocycles. The number of amides is 1. The van der Waals surface area contributed by atoms with E-state index in [0.717, 1.165) is 0 Å². The molecule has 0 unspecified atom stereocenters. The smallest absolute Gasteiger partial charge is 0.262 e. The average Bonchev–Trinajstić information content (AvgIpc) is 2.82. The van der Waals surface area contributed by atoms with Gasteiger partial charge in [-0.25, -0.2) is 0 Å². The quantitative estimate of drug-likeness (QED) is 0.907. The summed E-state index contributed by atoms with van der Waals surface area (Å²) < 4.78 is 12.1. The van der Waals surface area contributed by atoms with Crippen molar-refractivity contribution in [3.63, 3.8) is 0 Å². The zero-order valence-electron chi connectivity index (χ0n) is 11.7. The highest BCUT2D eigenvalue weighted by atomic mass is 16.5. The van der Waals surface area contributed by atoms with Crippen molar-refractivity contribution < 1.29 is 14.3 Å². The Morgan fingerprint density at radius 3 is 2.85 bits per heavy atom. The number of hydrogen-bond donors (Lipinski definition) is 1. The summed E-state index contributed by atoms with van der Waals surface area (Å²) in [6.45, 7) is 2.42. The molecule has 20 heavy (non-hydrogen) atoms. The van der Waals surface area contributed by atoms with Crippen LogP contribution in [0.3, 0.4) is 0 Å². The molecular weight excluding hydrogens is 258 g/mol. The number of nitrogens with zero attached hydrogens (tertiary/aromatic N) is 2. The van der Waals surface area contributed by atoms with E-state index in [-0.39, 0.29) is 5.91 Å². The van der Waals surface area contributed by atoms with Gasteiger partial charge in [0, 0.05) is 13.2 Å². The zero-order chi connectivity index (χ0) is 14.5. The van der Waals surface area contributed by atoms with Gasteiger partial charge in [-0.05, 0) is 19.1 Å². The number of para-hydroxylation sites is 2. The molecule has 0 aliphatic rings. The third-order valence-electron chi connectivity index (χ3n) is 2.67. The van der Waals surface area contributed by atoms with Gasteiger partial charge in [-0.3, -0.25) is 9.48 Å².